The molecule has 0 bridgehead atoms. The summed E-state index contributed by atoms with van der Waals surface area (Å²) in [5.74, 6) is 0.933. The molecule has 108 valence electrons. The van der Waals surface area contributed by atoms with Gasteiger partial charge in [-0.1, -0.05) is 32.0 Å². The number of ether oxygens (including phenoxy) is 1. The van der Waals surface area contributed by atoms with Gasteiger partial charge in [-0.15, -0.1) is 11.3 Å². The molecule has 2 aromatic rings. The number of rotatable bonds is 6. The molecule has 0 saturated heterocycles. The highest BCUT2D eigenvalue weighted by Gasteiger charge is 2.09. The fourth-order valence-electron chi connectivity index (χ4n) is 1.87. The summed E-state index contributed by atoms with van der Waals surface area (Å²) in [5, 5.41) is 4.46. The molecule has 0 saturated carbocycles. The molecule has 0 aliphatic rings. The maximum absolute atomic E-state index is 5.84. The number of aryl methyl sites for hydroxylation is 2. The Labute approximate surface area is 125 Å². The van der Waals surface area contributed by atoms with Crippen LogP contribution in [0.1, 0.15) is 35.0 Å². The van der Waals surface area contributed by atoms with Crippen molar-refractivity contribution in [1.29, 1.82) is 0 Å². The minimum absolute atomic E-state index is 0.489. The summed E-state index contributed by atoms with van der Waals surface area (Å²) in [6, 6.07) is 8.55. The first-order valence-electron chi connectivity index (χ1n) is 6.93. The van der Waals surface area contributed by atoms with E-state index in [2.05, 4.69) is 44.1 Å². The van der Waals surface area contributed by atoms with E-state index in [4.69, 9.17) is 4.74 Å². The fourth-order valence-corrected chi connectivity index (χ4v) is 2.80. The summed E-state index contributed by atoms with van der Waals surface area (Å²) >= 11 is 1.73. The summed E-state index contributed by atoms with van der Waals surface area (Å²) in [6.07, 6.45) is 0. The highest BCUT2D eigenvalue weighted by Crippen LogP contribution is 2.22. The molecule has 4 heteroatoms. The van der Waals surface area contributed by atoms with E-state index >= 15 is 0 Å². The maximum atomic E-state index is 5.84. The maximum Gasteiger partial charge on any atom is 0.140 e. The predicted molar refractivity (Wildman–Crippen MR) is 84.3 cm³/mol. The van der Waals surface area contributed by atoms with E-state index in [1.54, 1.807) is 11.3 Å². The summed E-state index contributed by atoms with van der Waals surface area (Å²) in [6.45, 7) is 9.84. The Balaban J connectivity index is 1.97. The fraction of sp³-hybridized carbons (Fsp3) is 0.438. The van der Waals surface area contributed by atoms with Crippen molar-refractivity contribution in [2.24, 2.45) is 0 Å². The van der Waals surface area contributed by atoms with Crippen LogP contribution in [0.15, 0.2) is 24.3 Å². The molecule has 1 N–H and O–H groups in total. The van der Waals surface area contributed by atoms with Crippen molar-refractivity contribution in [3.05, 3.63) is 45.4 Å². The third-order valence-electron chi connectivity index (χ3n) is 3.05. The average molecular weight is 290 g/mol. The monoisotopic (exact) mass is 290 g/mol. The molecule has 0 aliphatic carbocycles. The van der Waals surface area contributed by atoms with Gasteiger partial charge in [-0.2, -0.15) is 0 Å². The van der Waals surface area contributed by atoms with Crippen molar-refractivity contribution in [2.45, 2.75) is 46.9 Å². The number of hydrogen-bond acceptors (Lipinski definition) is 4. The highest BCUT2D eigenvalue weighted by molar-refractivity contribution is 7.11. The molecule has 1 aromatic heterocycles. The molecule has 0 fully saturated rings. The minimum Gasteiger partial charge on any atom is -0.486 e. The van der Waals surface area contributed by atoms with Gasteiger partial charge < -0.3 is 10.1 Å². The van der Waals surface area contributed by atoms with Crippen LogP contribution in [0.5, 0.6) is 5.75 Å². The molecular weight excluding hydrogens is 268 g/mol. The largest absolute Gasteiger partial charge is 0.486 e. The number of benzene rings is 1. The summed E-state index contributed by atoms with van der Waals surface area (Å²) in [7, 11) is 0. The number of nitrogens with one attached hydrogen (secondary N) is 1. The molecule has 0 atom stereocenters. The molecule has 1 aromatic carbocycles. The van der Waals surface area contributed by atoms with Crippen LogP contribution in [0.4, 0.5) is 0 Å². The smallest absolute Gasteiger partial charge is 0.140 e. The standard InChI is InChI=1S/C16H22N2OS/c1-11(2)17-9-15-13(4)18-16(20-15)10-19-14-8-6-5-7-12(14)3/h5-8,11,17H,9-10H2,1-4H3. The van der Waals surface area contributed by atoms with Crippen molar-refractivity contribution in [3.63, 3.8) is 0 Å². The summed E-state index contributed by atoms with van der Waals surface area (Å²) in [4.78, 5) is 5.88. The average Bonchev–Trinajstić information content (AvgIpc) is 2.76. The molecule has 0 aliphatic heterocycles. The van der Waals surface area contributed by atoms with Crippen LogP contribution < -0.4 is 10.1 Å². The third kappa shape index (κ3) is 4.05. The number of nitrogens with zero attached hydrogens (tertiary/aromatic N) is 1. The lowest BCUT2D eigenvalue weighted by Crippen LogP contribution is -2.21. The van der Waals surface area contributed by atoms with Gasteiger partial charge in [0.1, 0.15) is 17.4 Å². The van der Waals surface area contributed by atoms with Crippen LogP contribution >= 0.6 is 11.3 Å². The number of aromatic nitrogens is 1. The minimum atomic E-state index is 0.489. The van der Waals surface area contributed by atoms with Gasteiger partial charge in [0, 0.05) is 17.5 Å². The summed E-state index contributed by atoms with van der Waals surface area (Å²) < 4.78 is 5.84. The quantitative estimate of drug-likeness (QED) is 0.877. The van der Waals surface area contributed by atoms with Crippen LogP contribution in [0.2, 0.25) is 0 Å². The van der Waals surface area contributed by atoms with E-state index in [9.17, 15) is 0 Å². The topological polar surface area (TPSA) is 34.1 Å². The van der Waals surface area contributed by atoms with Crippen molar-refractivity contribution < 1.29 is 4.74 Å². The molecular formula is C16H22N2OS. The van der Waals surface area contributed by atoms with Crippen molar-refractivity contribution >= 4 is 11.3 Å². The third-order valence-corrected chi connectivity index (χ3v) is 4.18. The van der Waals surface area contributed by atoms with Crippen molar-refractivity contribution in [2.75, 3.05) is 0 Å². The lowest BCUT2D eigenvalue weighted by molar-refractivity contribution is 0.303. The van der Waals surface area contributed by atoms with E-state index in [0.717, 1.165) is 28.6 Å². The molecule has 0 amide bonds. The Morgan fingerprint density at radius 1 is 1.25 bits per heavy atom. The highest BCUT2D eigenvalue weighted by atomic mass is 32.1. The van der Waals surface area contributed by atoms with Crippen LogP contribution in [0.25, 0.3) is 0 Å². The Morgan fingerprint density at radius 2 is 2.00 bits per heavy atom. The van der Waals surface area contributed by atoms with Gasteiger partial charge >= 0.3 is 0 Å². The van der Waals surface area contributed by atoms with Gasteiger partial charge in [0.2, 0.25) is 0 Å². The first-order chi connectivity index (χ1) is 9.56. The van der Waals surface area contributed by atoms with E-state index in [1.165, 1.54) is 4.88 Å². The molecule has 3 nitrogen and oxygen atoms in total. The zero-order valence-electron chi connectivity index (χ0n) is 12.6. The van der Waals surface area contributed by atoms with Crippen LogP contribution in [-0.4, -0.2) is 11.0 Å². The molecule has 0 radical (unpaired) electrons. The van der Waals surface area contributed by atoms with Crippen LogP contribution in [0, 0.1) is 13.8 Å². The molecule has 1 heterocycles. The zero-order chi connectivity index (χ0) is 14.5. The van der Waals surface area contributed by atoms with E-state index < -0.39 is 0 Å². The van der Waals surface area contributed by atoms with Crippen molar-refractivity contribution in [1.82, 2.24) is 10.3 Å². The first-order valence-corrected chi connectivity index (χ1v) is 7.75. The van der Waals surface area contributed by atoms with Gasteiger partial charge in [-0.25, -0.2) is 4.98 Å². The number of thiazole rings is 1. The molecule has 20 heavy (non-hydrogen) atoms. The predicted octanol–water partition coefficient (Wildman–Crippen LogP) is 3.84. The lowest BCUT2D eigenvalue weighted by atomic mass is 10.2. The van der Waals surface area contributed by atoms with Crippen molar-refractivity contribution in [3.8, 4) is 5.75 Å². The number of para-hydroxylation sites is 1. The SMILES string of the molecule is Cc1ccccc1OCc1nc(C)c(CNC(C)C)s1. The van der Waals surface area contributed by atoms with Gasteiger partial charge in [0.05, 0.1) is 5.69 Å². The van der Waals surface area contributed by atoms with Gasteiger partial charge in [-0.05, 0) is 25.5 Å². The normalized spacial score (nSPS) is 11.1. The second-order valence-corrected chi connectivity index (χ2v) is 6.37. The molecule has 2 rings (SSSR count). The number of hydrogen-bond donors (Lipinski definition) is 1. The second-order valence-electron chi connectivity index (χ2n) is 5.21. The van der Waals surface area contributed by atoms with E-state index in [0.29, 0.717) is 12.6 Å². The van der Waals surface area contributed by atoms with Gasteiger partial charge in [0.25, 0.3) is 0 Å². The molecule has 0 unspecified atom stereocenters. The van der Waals surface area contributed by atoms with Crippen LogP contribution in [0.3, 0.4) is 0 Å². The second kappa shape index (κ2) is 6.86. The zero-order valence-corrected chi connectivity index (χ0v) is 13.4. The van der Waals surface area contributed by atoms with E-state index in [1.807, 2.05) is 18.2 Å². The van der Waals surface area contributed by atoms with Gasteiger partial charge in [-0.3, -0.25) is 0 Å². The Kier molecular flexibility index (Phi) is 5.15. The Hall–Kier alpha value is -1.39. The summed E-state index contributed by atoms with van der Waals surface area (Å²) in [5.41, 5.74) is 2.26. The Bertz CT molecular complexity index is 563. The van der Waals surface area contributed by atoms with E-state index in [-0.39, 0.29) is 0 Å². The lowest BCUT2D eigenvalue weighted by Gasteiger charge is -2.06. The molecule has 0 spiro atoms. The Morgan fingerprint density at radius 3 is 2.70 bits per heavy atom. The van der Waals surface area contributed by atoms with Gasteiger partial charge in [0.15, 0.2) is 0 Å². The first kappa shape index (κ1) is 15.0. The van der Waals surface area contributed by atoms with Crippen LogP contribution in [-0.2, 0) is 13.2 Å².